The summed E-state index contributed by atoms with van der Waals surface area (Å²) in [5, 5.41) is 3.94. The Hall–Kier alpha value is -2.24. The maximum Gasteiger partial charge on any atom is 0.232 e. The van der Waals surface area contributed by atoms with E-state index >= 15 is 0 Å². The van der Waals surface area contributed by atoms with Crippen molar-refractivity contribution < 1.29 is 13.7 Å². The van der Waals surface area contributed by atoms with Crippen LogP contribution in [-0.2, 0) is 17.8 Å². The van der Waals surface area contributed by atoms with E-state index in [1.807, 2.05) is 0 Å². The van der Waals surface area contributed by atoms with Crippen LogP contribution in [-0.4, -0.2) is 27.5 Å². The second kappa shape index (κ2) is 6.25. The number of hydrogen-bond donors (Lipinski definition) is 0. The second-order valence-electron chi connectivity index (χ2n) is 5.60. The van der Waals surface area contributed by atoms with E-state index in [4.69, 9.17) is 4.52 Å². The monoisotopic (exact) mass is 303 g/mol. The Morgan fingerprint density at radius 2 is 2.14 bits per heavy atom. The highest BCUT2D eigenvalue weighted by Gasteiger charge is 2.34. The van der Waals surface area contributed by atoms with E-state index < -0.39 is 0 Å². The van der Waals surface area contributed by atoms with E-state index in [0.717, 1.165) is 18.4 Å². The highest BCUT2D eigenvalue weighted by molar-refractivity contribution is 5.79. The number of benzene rings is 1. The summed E-state index contributed by atoms with van der Waals surface area (Å²) in [5.41, 5.74) is 0.910. The van der Waals surface area contributed by atoms with E-state index in [2.05, 4.69) is 17.1 Å². The maximum atomic E-state index is 12.9. The molecule has 2 aromatic rings. The molecule has 1 saturated heterocycles. The first-order valence-corrected chi connectivity index (χ1v) is 7.50. The number of aromatic nitrogens is 2. The van der Waals surface area contributed by atoms with Crippen LogP contribution in [0.1, 0.15) is 43.0 Å². The number of rotatable bonds is 5. The van der Waals surface area contributed by atoms with Crippen LogP contribution in [0, 0.1) is 5.82 Å². The Balaban J connectivity index is 1.65. The largest absolute Gasteiger partial charge is 0.339 e. The van der Waals surface area contributed by atoms with Crippen molar-refractivity contribution in [1.82, 2.24) is 15.0 Å². The molecule has 0 bridgehead atoms. The van der Waals surface area contributed by atoms with Crippen molar-refractivity contribution in [3.8, 4) is 0 Å². The van der Waals surface area contributed by atoms with E-state index in [1.54, 1.807) is 17.0 Å². The zero-order chi connectivity index (χ0) is 15.5. The van der Waals surface area contributed by atoms with Crippen LogP contribution >= 0.6 is 0 Å². The van der Waals surface area contributed by atoms with Gasteiger partial charge < -0.3 is 9.42 Å². The molecule has 2 heterocycles. The third kappa shape index (κ3) is 3.16. The average molecular weight is 303 g/mol. The summed E-state index contributed by atoms with van der Waals surface area (Å²) in [6.07, 6.45) is 2.12. The number of aryl methyl sites for hydroxylation is 1. The fraction of sp³-hybridized carbons (Fsp3) is 0.438. The molecule has 1 aromatic carbocycles. The van der Waals surface area contributed by atoms with Crippen LogP contribution in [0.3, 0.4) is 0 Å². The average Bonchev–Trinajstić information content (AvgIpc) is 3.10. The molecule has 22 heavy (non-hydrogen) atoms. The Bertz CT molecular complexity index is 654. The molecule has 0 aliphatic carbocycles. The third-order valence-corrected chi connectivity index (χ3v) is 3.81. The van der Waals surface area contributed by atoms with E-state index in [1.165, 1.54) is 12.1 Å². The van der Waals surface area contributed by atoms with Gasteiger partial charge in [0.05, 0.1) is 5.92 Å². The fourth-order valence-electron chi connectivity index (χ4n) is 2.66. The van der Waals surface area contributed by atoms with Gasteiger partial charge >= 0.3 is 0 Å². The van der Waals surface area contributed by atoms with Crippen LogP contribution in [0.2, 0.25) is 0 Å². The number of carbonyl (C=O) groups is 1. The van der Waals surface area contributed by atoms with E-state index in [9.17, 15) is 9.18 Å². The lowest BCUT2D eigenvalue weighted by atomic mass is 10.1. The van der Waals surface area contributed by atoms with Crippen LogP contribution in [0.5, 0.6) is 0 Å². The normalized spacial score (nSPS) is 18.2. The molecule has 0 N–H and O–H groups in total. The Kier molecular flexibility index (Phi) is 4.18. The van der Waals surface area contributed by atoms with Crippen molar-refractivity contribution in [2.24, 2.45) is 0 Å². The fourth-order valence-corrected chi connectivity index (χ4v) is 2.66. The number of amides is 1. The number of nitrogens with zero attached hydrogens (tertiary/aromatic N) is 3. The van der Waals surface area contributed by atoms with Crippen molar-refractivity contribution in [3.63, 3.8) is 0 Å². The van der Waals surface area contributed by atoms with Crippen LogP contribution < -0.4 is 0 Å². The summed E-state index contributed by atoms with van der Waals surface area (Å²) in [4.78, 5) is 18.2. The molecule has 1 unspecified atom stereocenters. The molecule has 0 radical (unpaired) electrons. The minimum atomic E-state index is -0.274. The molecule has 1 aliphatic heterocycles. The molecule has 1 amide bonds. The number of halogens is 1. The van der Waals surface area contributed by atoms with Gasteiger partial charge in [-0.1, -0.05) is 24.2 Å². The number of hydrogen-bond acceptors (Lipinski definition) is 4. The zero-order valence-corrected chi connectivity index (χ0v) is 12.5. The van der Waals surface area contributed by atoms with Gasteiger partial charge in [-0.2, -0.15) is 4.98 Å². The Morgan fingerprint density at radius 3 is 2.86 bits per heavy atom. The van der Waals surface area contributed by atoms with Crippen molar-refractivity contribution in [3.05, 3.63) is 47.4 Å². The zero-order valence-electron chi connectivity index (χ0n) is 12.5. The predicted octanol–water partition coefficient (Wildman–Crippen LogP) is 2.68. The van der Waals surface area contributed by atoms with Crippen molar-refractivity contribution in [1.29, 1.82) is 0 Å². The molecule has 116 valence electrons. The first-order valence-electron chi connectivity index (χ1n) is 7.50. The molecule has 1 fully saturated rings. The van der Waals surface area contributed by atoms with Gasteiger partial charge in [0.2, 0.25) is 11.8 Å². The number of carbonyl (C=O) groups excluding carboxylic acids is 1. The maximum absolute atomic E-state index is 12.9. The topological polar surface area (TPSA) is 59.2 Å². The van der Waals surface area contributed by atoms with Crippen LogP contribution in [0.25, 0.3) is 0 Å². The lowest BCUT2D eigenvalue weighted by Gasteiger charge is -2.15. The molecule has 6 heteroatoms. The van der Waals surface area contributed by atoms with E-state index in [0.29, 0.717) is 31.2 Å². The van der Waals surface area contributed by atoms with Crippen molar-refractivity contribution in [2.45, 2.75) is 38.6 Å². The van der Waals surface area contributed by atoms with Crippen LogP contribution in [0.15, 0.2) is 28.8 Å². The first-order chi connectivity index (χ1) is 10.7. The summed E-state index contributed by atoms with van der Waals surface area (Å²) in [7, 11) is 0. The van der Waals surface area contributed by atoms with Gasteiger partial charge in [0.1, 0.15) is 5.82 Å². The molecule has 1 aliphatic rings. The van der Waals surface area contributed by atoms with Gasteiger partial charge in [-0.3, -0.25) is 4.79 Å². The third-order valence-electron chi connectivity index (χ3n) is 3.81. The van der Waals surface area contributed by atoms with Gasteiger partial charge in [0.15, 0.2) is 5.82 Å². The van der Waals surface area contributed by atoms with Gasteiger partial charge in [0.25, 0.3) is 0 Å². The molecule has 3 rings (SSSR count). The van der Waals surface area contributed by atoms with Gasteiger partial charge in [-0.25, -0.2) is 4.39 Å². The smallest absolute Gasteiger partial charge is 0.232 e. The number of likely N-dealkylation sites (tertiary alicyclic amines) is 1. The molecule has 5 nitrogen and oxygen atoms in total. The summed E-state index contributed by atoms with van der Waals surface area (Å²) in [5.74, 6) is 0.972. The highest BCUT2D eigenvalue weighted by Crippen LogP contribution is 2.28. The molecule has 1 atom stereocenters. The lowest BCUT2D eigenvalue weighted by molar-refractivity contribution is -0.128. The molecule has 0 spiro atoms. The first kappa shape index (κ1) is 14.7. The van der Waals surface area contributed by atoms with Gasteiger partial charge in [0, 0.05) is 25.9 Å². The second-order valence-corrected chi connectivity index (χ2v) is 5.60. The molecular formula is C16H18FN3O2. The van der Waals surface area contributed by atoms with Gasteiger partial charge in [-0.15, -0.1) is 0 Å². The highest BCUT2D eigenvalue weighted by atomic mass is 19.1. The SMILES string of the molecule is CCCc1noc(C2CC(=O)N(Cc3ccc(F)cc3)C2)n1. The summed E-state index contributed by atoms with van der Waals surface area (Å²) in [6, 6.07) is 6.20. The molecular weight excluding hydrogens is 285 g/mol. The Labute approximate surface area is 128 Å². The molecule has 1 aromatic heterocycles. The lowest BCUT2D eigenvalue weighted by Crippen LogP contribution is -2.24. The summed E-state index contributed by atoms with van der Waals surface area (Å²) >= 11 is 0. The standard InChI is InChI=1S/C16H18FN3O2/c1-2-3-14-18-16(22-19-14)12-8-15(21)20(10-12)9-11-4-6-13(17)7-5-11/h4-7,12H,2-3,8-10H2,1H3. The van der Waals surface area contributed by atoms with Gasteiger partial charge in [-0.05, 0) is 24.1 Å². The van der Waals surface area contributed by atoms with Crippen LogP contribution in [0.4, 0.5) is 4.39 Å². The minimum Gasteiger partial charge on any atom is -0.339 e. The predicted molar refractivity (Wildman–Crippen MR) is 77.5 cm³/mol. The molecule has 0 saturated carbocycles. The minimum absolute atomic E-state index is 0.0499. The Morgan fingerprint density at radius 1 is 1.36 bits per heavy atom. The summed E-state index contributed by atoms with van der Waals surface area (Å²) in [6.45, 7) is 3.09. The van der Waals surface area contributed by atoms with Crippen molar-refractivity contribution in [2.75, 3.05) is 6.54 Å². The quantitative estimate of drug-likeness (QED) is 0.852. The summed E-state index contributed by atoms with van der Waals surface area (Å²) < 4.78 is 18.2. The van der Waals surface area contributed by atoms with E-state index in [-0.39, 0.29) is 17.6 Å². The van der Waals surface area contributed by atoms with Crippen molar-refractivity contribution >= 4 is 5.91 Å².